The first-order valence-electron chi connectivity index (χ1n) is 8.66. The van der Waals surface area contributed by atoms with Crippen LogP contribution < -0.4 is 5.32 Å². The lowest BCUT2D eigenvalue weighted by atomic mass is 9.83. The summed E-state index contributed by atoms with van der Waals surface area (Å²) in [5.41, 5.74) is 0.213. The van der Waals surface area contributed by atoms with Crippen molar-refractivity contribution in [2.24, 2.45) is 0 Å². The summed E-state index contributed by atoms with van der Waals surface area (Å²) in [4.78, 5) is 27.9. The van der Waals surface area contributed by atoms with E-state index in [0.717, 1.165) is 30.2 Å². The van der Waals surface area contributed by atoms with E-state index in [1.165, 1.54) is 6.92 Å². The number of H-pyrrole nitrogens is 1. The van der Waals surface area contributed by atoms with Gasteiger partial charge in [0.25, 0.3) is 5.91 Å². The van der Waals surface area contributed by atoms with Gasteiger partial charge in [0.2, 0.25) is 0 Å². The Labute approximate surface area is 160 Å². The van der Waals surface area contributed by atoms with Gasteiger partial charge in [-0.25, -0.2) is 4.79 Å². The van der Waals surface area contributed by atoms with Gasteiger partial charge in [-0.2, -0.15) is 5.26 Å². The average molecular weight is 418 g/mol. The molecule has 2 aromatic rings. The number of amides is 1. The van der Waals surface area contributed by atoms with E-state index < -0.39 is 23.5 Å². The normalized spacial score (nSPS) is 17.3. The molecule has 2 N–H and O–H groups in total. The number of hydrogen-bond acceptors (Lipinski definition) is 4. The van der Waals surface area contributed by atoms with Crippen LogP contribution in [0.5, 0.6) is 0 Å². The van der Waals surface area contributed by atoms with Crippen LogP contribution in [-0.4, -0.2) is 28.5 Å². The number of esters is 1. The lowest BCUT2D eigenvalue weighted by Crippen LogP contribution is -2.52. The largest absolute Gasteiger partial charge is 0.448 e. The van der Waals surface area contributed by atoms with Gasteiger partial charge in [0.05, 0.1) is 10.5 Å². The Hall–Kier alpha value is -2.33. The number of aromatic amines is 1. The smallest absolute Gasteiger partial charge is 0.356 e. The maximum atomic E-state index is 12.5. The Kier molecular flexibility index (Phi) is 5.33. The Morgan fingerprint density at radius 1 is 1.31 bits per heavy atom. The molecule has 0 radical (unpaired) electrons. The fraction of sp³-hybridized carbons (Fsp3) is 0.421. The molecular weight excluding hydrogens is 398 g/mol. The molecule has 26 heavy (non-hydrogen) atoms. The molecule has 0 bridgehead atoms. The summed E-state index contributed by atoms with van der Waals surface area (Å²) in [5.74, 6) is -1.07. The fourth-order valence-electron chi connectivity index (χ4n) is 3.28. The van der Waals surface area contributed by atoms with E-state index in [4.69, 9.17) is 4.74 Å². The van der Waals surface area contributed by atoms with Gasteiger partial charge in [0.15, 0.2) is 6.10 Å². The number of aromatic nitrogens is 1. The number of rotatable bonds is 4. The van der Waals surface area contributed by atoms with E-state index in [9.17, 15) is 14.9 Å². The number of nitrogens with zero attached hydrogens (tertiary/aromatic N) is 1. The van der Waals surface area contributed by atoms with Crippen LogP contribution >= 0.6 is 15.9 Å². The molecule has 1 amide bonds. The molecule has 1 fully saturated rings. The number of hydrogen-bond donors (Lipinski definition) is 2. The fourth-order valence-corrected chi connectivity index (χ4v) is 3.89. The predicted molar refractivity (Wildman–Crippen MR) is 100 cm³/mol. The van der Waals surface area contributed by atoms with Crippen LogP contribution in [0.1, 0.15) is 49.5 Å². The molecule has 1 aliphatic carbocycles. The van der Waals surface area contributed by atoms with Gasteiger partial charge in [-0.15, -0.1) is 0 Å². The molecule has 136 valence electrons. The highest BCUT2D eigenvalue weighted by atomic mass is 79.9. The Balaban J connectivity index is 1.69. The van der Waals surface area contributed by atoms with E-state index in [1.54, 1.807) is 0 Å². The van der Waals surface area contributed by atoms with Crippen molar-refractivity contribution in [1.82, 2.24) is 10.3 Å². The third-order valence-electron chi connectivity index (χ3n) is 4.78. The highest BCUT2D eigenvalue weighted by Crippen LogP contribution is 2.29. The zero-order valence-corrected chi connectivity index (χ0v) is 16.1. The Morgan fingerprint density at radius 3 is 2.65 bits per heavy atom. The molecule has 1 heterocycles. The summed E-state index contributed by atoms with van der Waals surface area (Å²) >= 11 is 3.40. The summed E-state index contributed by atoms with van der Waals surface area (Å²) in [6.45, 7) is 1.51. The molecule has 1 saturated carbocycles. The van der Waals surface area contributed by atoms with E-state index >= 15 is 0 Å². The number of benzene rings is 1. The van der Waals surface area contributed by atoms with E-state index in [2.05, 4.69) is 32.3 Å². The second-order valence-electron chi connectivity index (χ2n) is 6.65. The molecule has 1 atom stereocenters. The van der Waals surface area contributed by atoms with Crippen LogP contribution in [0.3, 0.4) is 0 Å². The van der Waals surface area contributed by atoms with E-state index in [0.29, 0.717) is 17.3 Å². The summed E-state index contributed by atoms with van der Waals surface area (Å²) in [5, 5.41) is 13.1. The lowest BCUT2D eigenvalue weighted by Gasteiger charge is -2.32. The Bertz CT molecular complexity index is 878. The molecule has 1 unspecified atom stereocenters. The van der Waals surface area contributed by atoms with Crippen molar-refractivity contribution in [2.75, 3.05) is 0 Å². The average Bonchev–Trinajstić information content (AvgIpc) is 2.99. The number of carbonyl (C=O) groups is 2. The number of para-hydroxylation sites is 1. The third kappa shape index (κ3) is 3.61. The highest BCUT2D eigenvalue weighted by Gasteiger charge is 2.35. The van der Waals surface area contributed by atoms with Gasteiger partial charge in [0, 0.05) is 10.9 Å². The van der Waals surface area contributed by atoms with Crippen molar-refractivity contribution in [2.45, 2.75) is 50.7 Å². The molecule has 0 aliphatic heterocycles. The molecule has 0 saturated heterocycles. The van der Waals surface area contributed by atoms with Crippen LogP contribution in [0, 0.1) is 11.3 Å². The second kappa shape index (κ2) is 7.50. The predicted octanol–water partition coefficient (Wildman–Crippen LogP) is 3.82. The summed E-state index contributed by atoms with van der Waals surface area (Å²) in [7, 11) is 0. The van der Waals surface area contributed by atoms with Crippen molar-refractivity contribution in [1.29, 1.82) is 5.26 Å². The monoisotopic (exact) mass is 417 g/mol. The molecule has 7 heteroatoms. The van der Waals surface area contributed by atoms with Crippen molar-refractivity contribution < 1.29 is 14.3 Å². The van der Waals surface area contributed by atoms with Crippen molar-refractivity contribution in [3.05, 3.63) is 34.4 Å². The first kappa shape index (κ1) is 18.5. The first-order valence-corrected chi connectivity index (χ1v) is 9.45. The molecule has 1 aliphatic rings. The van der Waals surface area contributed by atoms with Crippen molar-refractivity contribution in [3.8, 4) is 6.07 Å². The van der Waals surface area contributed by atoms with Crippen molar-refractivity contribution in [3.63, 3.8) is 0 Å². The van der Waals surface area contributed by atoms with Gasteiger partial charge in [-0.1, -0.05) is 37.5 Å². The van der Waals surface area contributed by atoms with E-state index in [-0.39, 0.29) is 5.69 Å². The van der Waals surface area contributed by atoms with Gasteiger partial charge in [-0.3, -0.25) is 4.79 Å². The molecule has 1 aromatic heterocycles. The quantitative estimate of drug-likeness (QED) is 0.738. The van der Waals surface area contributed by atoms with Crippen molar-refractivity contribution >= 4 is 38.7 Å². The van der Waals surface area contributed by atoms with Crippen LogP contribution in [-0.2, 0) is 9.53 Å². The SMILES string of the molecule is CC(OC(=O)c1[nH]c2ccccc2c1Br)C(=O)NC1(C#N)CCCCC1. The van der Waals surface area contributed by atoms with Crippen LogP contribution in [0.4, 0.5) is 0 Å². The lowest BCUT2D eigenvalue weighted by molar-refractivity contribution is -0.130. The van der Waals surface area contributed by atoms with E-state index in [1.807, 2.05) is 24.3 Å². The number of halogens is 1. The zero-order valence-electron chi connectivity index (χ0n) is 14.5. The number of ether oxygens (including phenoxy) is 1. The maximum absolute atomic E-state index is 12.5. The highest BCUT2D eigenvalue weighted by molar-refractivity contribution is 9.10. The standard InChI is InChI=1S/C19H20BrN3O3/c1-12(17(24)23-19(11-21)9-5-2-6-10-19)26-18(25)16-15(20)13-7-3-4-8-14(13)22-16/h3-4,7-8,12,22H,2,5-6,9-10H2,1H3,(H,23,24). The summed E-state index contributed by atoms with van der Waals surface area (Å²) in [6, 6.07) is 9.70. The number of nitriles is 1. The maximum Gasteiger partial charge on any atom is 0.356 e. The minimum absolute atomic E-state index is 0.263. The minimum Gasteiger partial charge on any atom is -0.448 e. The number of fused-ring (bicyclic) bond motifs is 1. The number of nitrogens with one attached hydrogen (secondary N) is 2. The van der Waals surface area contributed by atoms with Gasteiger partial charge >= 0.3 is 5.97 Å². The zero-order chi connectivity index (χ0) is 18.7. The van der Waals surface area contributed by atoms with Crippen LogP contribution in [0.2, 0.25) is 0 Å². The molecule has 3 rings (SSSR count). The second-order valence-corrected chi connectivity index (χ2v) is 7.44. The molecule has 6 nitrogen and oxygen atoms in total. The molecule has 1 aromatic carbocycles. The van der Waals surface area contributed by atoms with Gasteiger partial charge in [-0.05, 0) is 41.8 Å². The number of carbonyl (C=O) groups excluding carboxylic acids is 2. The van der Waals surface area contributed by atoms with Gasteiger partial charge < -0.3 is 15.0 Å². The van der Waals surface area contributed by atoms with Crippen LogP contribution in [0.25, 0.3) is 10.9 Å². The summed E-state index contributed by atoms with van der Waals surface area (Å²) in [6.07, 6.45) is 3.15. The molecule has 0 spiro atoms. The minimum atomic E-state index is -0.993. The van der Waals surface area contributed by atoms with Crippen LogP contribution in [0.15, 0.2) is 28.7 Å². The van der Waals surface area contributed by atoms with Gasteiger partial charge in [0.1, 0.15) is 11.2 Å². The molecular formula is C19H20BrN3O3. The summed E-state index contributed by atoms with van der Waals surface area (Å²) < 4.78 is 5.92. The Morgan fingerprint density at radius 2 is 2.00 bits per heavy atom. The third-order valence-corrected chi connectivity index (χ3v) is 5.61. The topological polar surface area (TPSA) is 95.0 Å². The first-order chi connectivity index (χ1) is 12.5.